The first-order valence-electron chi connectivity index (χ1n) is 9.15. The van der Waals surface area contributed by atoms with E-state index in [4.69, 9.17) is 20.4 Å². The Kier molecular flexibility index (Phi) is 16.0. The fraction of sp³-hybridized carbons (Fsp3) is 0.750. The molecular formula is C16H30N4O10S. The fourth-order valence-corrected chi connectivity index (χ4v) is 2.63. The minimum Gasteiger partial charge on any atom is -0.394 e. The third kappa shape index (κ3) is 13.4. The largest absolute Gasteiger partial charge is 0.394 e. The van der Waals surface area contributed by atoms with Crippen LogP contribution in [0.1, 0.15) is 12.8 Å². The SMILES string of the molecule is O=C(CCSCCC(=O)N/N=C\[C@H](O)[C@H](O)[C@H](O)CO)N/N=C\[C@H](O)[C@H](O)[C@H](O)CO. The lowest BCUT2D eigenvalue weighted by atomic mass is 10.1. The molecule has 0 aromatic carbocycles. The number of rotatable bonds is 16. The van der Waals surface area contributed by atoms with Crippen molar-refractivity contribution >= 4 is 36.0 Å². The molecule has 2 amide bonds. The molecule has 0 rings (SSSR count). The second kappa shape index (κ2) is 16.9. The number of aliphatic hydroxyl groups is 8. The molecule has 0 aromatic heterocycles. The van der Waals surface area contributed by atoms with E-state index in [0.29, 0.717) is 11.5 Å². The lowest BCUT2D eigenvalue weighted by Gasteiger charge is -2.17. The van der Waals surface area contributed by atoms with E-state index in [0.717, 1.165) is 12.4 Å². The van der Waals surface area contributed by atoms with Crippen molar-refractivity contribution < 1.29 is 50.4 Å². The van der Waals surface area contributed by atoms with E-state index in [9.17, 15) is 30.0 Å². The predicted octanol–water partition coefficient (Wildman–Crippen LogP) is -5.15. The summed E-state index contributed by atoms with van der Waals surface area (Å²) in [6.07, 6.45) is -7.86. The first-order valence-corrected chi connectivity index (χ1v) is 10.3. The number of hydrogen-bond acceptors (Lipinski definition) is 13. The van der Waals surface area contributed by atoms with E-state index < -0.39 is 61.7 Å². The smallest absolute Gasteiger partial charge is 0.240 e. The van der Waals surface area contributed by atoms with Crippen LogP contribution in [0.15, 0.2) is 10.2 Å². The topological polar surface area (TPSA) is 245 Å². The minimum absolute atomic E-state index is 0.0525. The van der Waals surface area contributed by atoms with Crippen molar-refractivity contribution in [2.45, 2.75) is 49.5 Å². The van der Waals surface area contributed by atoms with Gasteiger partial charge in [-0.15, -0.1) is 0 Å². The van der Waals surface area contributed by atoms with Gasteiger partial charge in [0.25, 0.3) is 0 Å². The number of hydrazone groups is 2. The number of nitrogens with one attached hydrogen (secondary N) is 2. The number of hydrogen-bond donors (Lipinski definition) is 10. The highest BCUT2D eigenvalue weighted by molar-refractivity contribution is 7.99. The molecular weight excluding hydrogens is 440 g/mol. The van der Waals surface area contributed by atoms with Gasteiger partial charge in [-0.05, 0) is 0 Å². The second-order valence-corrected chi connectivity index (χ2v) is 7.43. The minimum atomic E-state index is -1.66. The third-order valence-corrected chi connectivity index (χ3v) is 4.63. The zero-order chi connectivity index (χ0) is 23.8. The molecule has 0 aliphatic carbocycles. The molecule has 15 heteroatoms. The standard InChI is InChI=1S/C16H30N4O10S/c21-7-11(25)15(29)9(23)5-17-19-13(27)1-3-31-4-2-14(28)20-18-6-10(24)16(30)12(26)8-22/h5-6,9-12,15-16,21-26,29-30H,1-4,7-8H2,(H,19,27)(H,20,28)/b17-5-,18-6-/t9-,10-,11+,12+,15-,16-/m0/s1. The molecule has 10 N–H and O–H groups in total. The summed E-state index contributed by atoms with van der Waals surface area (Å²) in [5.74, 6) is -0.258. The average molecular weight is 471 g/mol. The van der Waals surface area contributed by atoms with Crippen LogP contribution in [-0.2, 0) is 9.59 Å². The third-order valence-electron chi connectivity index (χ3n) is 3.64. The Morgan fingerprint density at radius 3 is 1.42 bits per heavy atom. The molecule has 0 unspecified atom stereocenters. The molecule has 0 spiro atoms. The summed E-state index contributed by atoms with van der Waals surface area (Å²) in [7, 11) is 0. The Hall–Kier alpha value is -1.69. The quantitative estimate of drug-likeness (QED) is 0.0580. The van der Waals surface area contributed by atoms with Gasteiger partial charge in [0.1, 0.15) is 36.6 Å². The van der Waals surface area contributed by atoms with E-state index in [-0.39, 0.29) is 12.8 Å². The maximum absolute atomic E-state index is 11.6. The molecule has 14 nitrogen and oxygen atoms in total. The van der Waals surface area contributed by atoms with Gasteiger partial charge in [0.15, 0.2) is 0 Å². The van der Waals surface area contributed by atoms with Gasteiger partial charge in [-0.1, -0.05) is 0 Å². The highest BCUT2D eigenvalue weighted by Crippen LogP contribution is 2.04. The van der Waals surface area contributed by atoms with Crippen molar-refractivity contribution in [2.24, 2.45) is 10.2 Å². The summed E-state index contributed by atoms with van der Waals surface area (Å²) in [6, 6.07) is 0. The Morgan fingerprint density at radius 2 is 1.10 bits per heavy atom. The first-order chi connectivity index (χ1) is 14.6. The number of nitrogens with zero attached hydrogens (tertiary/aromatic N) is 2. The number of thioether (sulfide) groups is 1. The molecule has 0 bridgehead atoms. The molecule has 31 heavy (non-hydrogen) atoms. The van der Waals surface area contributed by atoms with Crippen LogP contribution in [0.3, 0.4) is 0 Å². The zero-order valence-electron chi connectivity index (χ0n) is 16.6. The molecule has 0 radical (unpaired) electrons. The Morgan fingerprint density at radius 1 is 0.742 bits per heavy atom. The predicted molar refractivity (Wildman–Crippen MR) is 110 cm³/mol. The number of amides is 2. The summed E-state index contributed by atoms with van der Waals surface area (Å²) >= 11 is 1.29. The van der Waals surface area contributed by atoms with Crippen molar-refractivity contribution in [3.63, 3.8) is 0 Å². The van der Waals surface area contributed by atoms with Gasteiger partial charge in [0.2, 0.25) is 11.8 Å². The van der Waals surface area contributed by atoms with Gasteiger partial charge in [-0.3, -0.25) is 9.59 Å². The van der Waals surface area contributed by atoms with Crippen LogP contribution in [0.2, 0.25) is 0 Å². The monoisotopic (exact) mass is 470 g/mol. The Balaban J connectivity index is 3.94. The molecule has 0 fully saturated rings. The van der Waals surface area contributed by atoms with Gasteiger partial charge in [-0.2, -0.15) is 22.0 Å². The Labute approximate surface area is 182 Å². The normalized spacial score (nSPS) is 17.8. The van der Waals surface area contributed by atoms with Crippen LogP contribution in [0.25, 0.3) is 0 Å². The molecule has 0 aliphatic rings. The van der Waals surface area contributed by atoms with Gasteiger partial charge in [0.05, 0.1) is 25.6 Å². The van der Waals surface area contributed by atoms with E-state index in [1.165, 1.54) is 11.8 Å². The van der Waals surface area contributed by atoms with E-state index in [2.05, 4.69) is 21.1 Å². The summed E-state index contributed by atoms with van der Waals surface area (Å²) in [6.45, 7) is -1.50. The van der Waals surface area contributed by atoms with E-state index in [1.54, 1.807) is 0 Å². The number of aliphatic hydroxyl groups excluding tert-OH is 8. The van der Waals surface area contributed by atoms with Crippen LogP contribution in [0.4, 0.5) is 0 Å². The van der Waals surface area contributed by atoms with Gasteiger partial charge in [0, 0.05) is 24.3 Å². The highest BCUT2D eigenvalue weighted by Gasteiger charge is 2.23. The van der Waals surface area contributed by atoms with Gasteiger partial charge < -0.3 is 40.9 Å². The molecule has 6 atom stereocenters. The summed E-state index contributed by atoms with van der Waals surface area (Å²) in [4.78, 5) is 23.1. The van der Waals surface area contributed by atoms with Crippen molar-refractivity contribution in [3.05, 3.63) is 0 Å². The van der Waals surface area contributed by atoms with Crippen molar-refractivity contribution in [3.8, 4) is 0 Å². The summed E-state index contributed by atoms with van der Waals surface area (Å²) in [5, 5.41) is 80.1. The first kappa shape index (κ1) is 29.3. The summed E-state index contributed by atoms with van der Waals surface area (Å²) in [5.41, 5.74) is 4.22. The molecule has 0 saturated carbocycles. The molecule has 180 valence electrons. The molecule has 0 saturated heterocycles. The lowest BCUT2D eigenvalue weighted by molar-refractivity contribution is -0.121. The highest BCUT2D eigenvalue weighted by atomic mass is 32.2. The van der Waals surface area contributed by atoms with Crippen LogP contribution in [0, 0.1) is 0 Å². The molecule has 0 heterocycles. The second-order valence-electron chi connectivity index (χ2n) is 6.20. The fourth-order valence-electron chi connectivity index (χ4n) is 1.76. The van der Waals surface area contributed by atoms with Crippen molar-refractivity contribution in [1.29, 1.82) is 0 Å². The van der Waals surface area contributed by atoms with Crippen LogP contribution >= 0.6 is 11.8 Å². The van der Waals surface area contributed by atoms with Crippen LogP contribution in [-0.4, -0.2) is 126 Å². The zero-order valence-corrected chi connectivity index (χ0v) is 17.4. The van der Waals surface area contributed by atoms with Crippen molar-refractivity contribution in [1.82, 2.24) is 10.9 Å². The van der Waals surface area contributed by atoms with Crippen molar-refractivity contribution in [2.75, 3.05) is 24.7 Å². The van der Waals surface area contributed by atoms with E-state index >= 15 is 0 Å². The van der Waals surface area contributed by atoms with E-state index in [1.807, 2.05) is 0 Å². The van der Waals surface area contributed by atoms with Crippen LogP contribution < -0.4 is 10.9 Å². The summed E-state index contributed by atoms with van der Waals surface area (Å²) < 4.78 is 0. The maximum atomic E-state index is 11.6. The van der Waals surface area contributed by atoms with Gasteiger partial charge in [-0.25, -0.2) is 10.9 Å². The molecule has 0 aliphatic heterocycles. The average Bonchev–Trinajstić information content (AvgIpc) is 2.76. The Bertz CT molecular complexity index is 535. The van der Waals surface area contributed by atoms with Gasteiger partial charge >= 0.3 is 0 Å². The van der Waals surface area contributed by atoms with Crippen LogP contribution in [0.5, 0.6) is 0 Å². The number of carbonyl (C=O) groups is 2. The number of carbonyl (C=O) groups excluding carboxylic acids is 2. The maximum Gasteiger partial charge on any atom is 0.240 e. The lowest BCUT2D eigenvalue weighted by Crippen LogP contribution is -2.40. The molecule has 0 aromatic rings.